The molecule has 0 atom stereocenters. The van der Waals surface area contributed by atoms with Crippen molar-refractivity contribution in [3.05, 3.63) is 59.7 Å². The number of benzene rings is 2. The number of Topliss-reactive ketones (excluding diaryl/α,β-unsaturated/α-hetero) is 1. The molecule has 0 saturated carbocycles. The van der Waals surface area contributed by atoms with Gasteiger partial charge in [0.1, 0.15) is 11.5 Å². The van der Waals surface area contributed by atoms with E-state index in [0.717, 1.165) is 0 Å². The largest absolute Gasteiger partial charge is 0.497 e. The summed E-state index contributed by atoms with van der Waals surface area (Å²) in [4.78, 5) is 35.4. The molecule has 146 valence electrons. The average Bonchev–Trinajstić information content (AvgIpc) is 2.70. The van der Waals surface area contributed by atoms with Gasteiger partial charge in [0.15, 0.2) is 12.4 Å². The van der Waals surface area contributed by atoms with E-state index in [1.54, 1.807) is 42.5 Å². The molecule has 0 unspecified atom stereocenters. The number of anilines is 1. The third-order valence-electron chi connectivity index (χ3n) is 3.71. The van der Waals surface area contributed by atoms with Crippen LogP contribution >= 0.6 is 0 Å². The molecular formula is C21H21NO6. The van der Waals surface area contributed by atoms with Crippen LogP contribution in [0.3, 0.4) is 0 Å². The van der Waals surface area contributed by atoms with E-state index in [-0.39, 0.29) is 5.78 Å². The second kappa shape index (κ2) is 9.91. The van der Waals surface area contributed by atoms with Crippen molar-refractivity contribution < 1.29 is 28.6 Å². The molecule has 0 aliphatic heterocycles. The summed E-state index contributed by atoms with van der Waals surface area (Å²) in [6.07, 6.45) is 2.72. The van der Waals surface area contributed by atoms with Gasteiger partial charge in [0.2, 0.25) is 0 Å². The average molecular weight is 383 g/mol. The minimum Gasteiger partial charge on any atom is -0.497 e. The Labute approximate surface area is 162 Å². The van der Waals surface area contributed by atoms with E-state index >= 15 is 0 Å². The van der Waals surface area contributed by atoms with Gasteiger partial charge in [-0.2, -0.15) is 0 Å². The fraction of sp³-hybridized carbons (Fsp3) is 0.190. The summed E-state index contributed by atoms with van der Waals surface area (Å²) in [5.74, 6) is -0.244. The first kappa shape index (κ1) is 20.7. The van der Waals surface area contributed by atoms with Crippen LogP contribution in [0.2, 0.25) is 0 Å². The maximum absolute atomic E-state index is 12.0. The van der Waals surface area contributed by atoms with Crippen LogP contribution in [0.1, 0.15) is 22.8 Å². The smallest absolute Gasteiger partial charge is 0.331 e. The predicted molar refractivity (Wildman–Crippen MR) is 105 cm³/mol. The number of nitrogens with one attached hydrogen (secondary N) is 1. The number of hydrogen-bond donors (Lipinski definition) is 1. The van der Waals surface area contributed by atoms with Crippen molar-refractivity contribution in [3.63, 3.8) is 0 Å². The lowest BCUT2D eigenvalue weighted by atomic mass is 10.1. The van der Waals surface area contributed by atoms with Crippen LogP contribution < -0.4 is 14.8 Å². The minimum absolute atomic E-state index is 0.176. The maximum atomic E-state index is 12.0. The van der Waals surface area contributed by atoms with Crippen LogP contribution in [-0.2, 0) is 14.3 Å². The molecule has 0 aromatic heterocycles. The Kier molecular flexibility index (Phi) is 7.33. The van der Waals surface area contributed by atoms with Crippen molar-refractivity contribution >= 4 is 29.4 Å². The van der Waals surface area contributed by atoms with E-state index < -0.39 is 18.5 Å². The van der Waals surface area contributed by atoms with Crippen molar-refractivity contribution in [1.29, 1.82) is 0 Å². The maximum Gasteiger partial charge on any atom is 0.331 e. The van der Waals surface area contributed by atoms with Crippen molar-refractivity contribution in [3.8, 4) is 11.5 Å². The first-order chi connectivity index (χ1) is 13.4. The van der Waals surface area contributed by atoms with E-state index in [9.17, 15) is 14.4 Å². The SMILES string of the molecule is COc1cc(/C=C/C(=O)OCC(=O)Nc2ccccc2C(C)=O)cc(OC)c1. The zero-order chi connectivity index (χ0) is 20.5. The molecule has 1 N–H and O–H groups in total. The van der Waals surface area contributed by atoms with Crippen LogP contribution in [0.5, 0.6) is 11.5 Å². The number of ether oxygens (including phenoxy) is 3. The van der Waals surface area contributed by atoms with Gasteiger partial charge in [-0.05, 0) is 42.8 Å². The van der Waals surface area contributed by atoms with Gasteiger partial charge < -0.3 is 19.5 Å². The van der Waals surface area contributed by atoms with Crippen LogP contribution in [0.4, 0.5) is 5.69 Å². The second-order valence-electron chi connectivity index (χ2n) is 5.74. The van der Waals surface area contributed by atoms with Crippen LogP contribution in [0.25, 0.3) is 6.08 Å². The molecule has 7 heteroatoms. The minimum atomic E-state index is -0.684. The van der Waals surface area contributed by atoms with E-state index in [1.165, 1.54) is 33.3 Å². The molecule has 2 aromatic carbocycles. The molecule has 2 aromatic rings. The van der Waals surface area contributed by atoms with Gasteiger partial charge in [0.25, 0.3) is 5.91 Å². The number of methoxy groups -OCH3 is 2. The van der Waals surface area contributed by atoms with Gasteiger partial charge in [0.05, 0.1) is 19.9 Å². The molecule has 0 saturated heterocycles. The first-order valence-corrected chi connectivity index (χ1v) is 8.40. The molecule has 0 fully saturated rings. The van der Waals surface area contributed by atoms with Crippen LogP contribution in [0.15, 0.2) is 48.5 Å². The highest BCUT2D eigenvalue weighted by atomic mass is 16.5. The highest BCUT2D eigenvalue weighted by Gasteiger charge is 2.11. The summed E-state index contributed by atoms with van der Waals surface area (Å²) >= 11 is 0. The third-order valence-corrected chi connectivity index (χ3v) is 3.71. The van der Waals surface area contributed by atoms with Gasteiger partial charge in [-0.3, -0.25) is 9.59 Å². The number of hydrogen-bond acceptors (Lipinski definition) is 6. The van der Waals surface area contributed by atoms with Crippen molar-refractivity contribution in [2.45, 2.75) is 6.92 Å². The Morgan fingerprint density at radius 3 is 2.25 bits per heavy atom. The van der Waals surface area contributed by atoms with E-state index in [1.807, 2.05) is 0 Å². The Morgan fingerprint density at radius 1 is 1.00 bits per heavy atom. The molecule has 1 amide bonds. The van der Waals surface area contributed by atoms with Gasteiger partial charge in [0, 0.05) is 17.7 Å². The lowest BCUT2D eigenvalue weighted by molar-refractivity contribution is -0.142. The second-order valence-corrected chi connectivity index (χ2v) is 5.74. The fourth-order valence-electron chi connectivity index (χ4n) is 2.36. The van der Waals surface area contributed by atoms with Gasteiger partial charge in [-0.15, -0.1) is 0 Å². The standard InChI is InChI=1S/C21H21NO6/c1-14(23)18-6-4-5-7-19(18)22-20(24)13-28-21(25)9-8-15-10-16(26-2)12-17(11-15)27-3/h4-12H,13H2,1-3H3,(H,22,24)/b9-8+. The highest BCUT2D eigenvalue weighted by Crippen LogP contribution is 2.23. The third kappa shape index (κ3) is 5.98. The Balaban J connectivity index is 1.93. The summed E-state index contributed by atoms with van der Waals surface area (Å²) in [6.45, 7) is 0.931. The number of amides is 1. The molecular weight excluding hydrogens is 362 g/mol. The van der Waals surface area contributed by atoms with Crippen molar-refractivity contribution in [1.82, 2.24) is 0 Å². The lowest BCUT2D eigenvalue weighted by Gasteiger charge is -2.09. The van der Waals surface area contributed by atoms with E-state index in [2.05, 4.69) is 5.32 Å². The number of ketones is 1. The van der Waals surface area contributed by atoms with Crippen molar-refractivity contribution in [2.75, 3.05) is 26.1 Å². The zero-order valence-corrected chi connectivity index (χ0v) is 15.9. The van der Waals surface area contributed by atoms with E-state index in [0.29, 0.717) is 28.3 Å². The normalized spacial score (nSPS) is 10.4. The summed E-state index contributed by atoms with van der Waals surface area (Å²) in [6, 6.07) is 11.7. The van der Waals surface area contributed by atoms with Crippen LogP contribution in [0, 0.1) is 0 Å². The number of carbonyl (C=O) groups is 3. The van der Waals surface area contributed by atoms with Crippen LogP contribution in [-0.4, -0.2) is 38.5 Å². The Bertz CT molecular complexity index is 881. The van der Waals surface area contributed by atoms with Crippen molar-refractivity contribution in [2.24, 2.45) is 0 Å². The number of para-hydroxylation sites is 1. The van der Waals surface area contributed by atoms with Gasteiger partial charge in [-0.25, -0.2) is 4.79 Å². The molecule has 0 aliphatic rings. The monoisotopic (exact) mass is 383 g/mol. The Morgan fingerprint density at radius 2 is 1.64 bits per heavy atom. The highest BCUT2D eigenvalue weighted by molar-refractivity contribution is 6.04. The Hall–Kier alpha value is -3.61. The van der Waals surface area contributed by atoms with E-state index in [4.69, 9.17) is 14.2 Å². The molecule has 0 spiro atoms. The molecule has 28 heavy (non-hydrogen) atoms. The summed E-state index contributed by atoms with van der Waals surface area (Å²) in [5, 5.41) is 2.56. The van der Waals surface area contributed by atoms with Gasteiger partial charge >= 0.3 is 5.97 Å². The predicted octanol–water partition coefficient (Wildman–Crippen LogP) is 3.10. The molecule has 7 nitrogen and oxygen atoms in total. The summed E-state index contributed by atoms with van der Waals surface area (Å²) in [5.41, 5.74) is 1.43. The first-order valence-electron chi connectivity index (χ1n) is 8.40. The summed E-state index contributed by atoms with van der Waals surface area (Å²) < 4.78 is 15.2. The van der Waals surface area contributed by atoms with Gasteiger partial charge in [-0.1, -0.05) is 12.1 Å². The summed E-state index contributed by atoms with van der Waals surface area (Å²) in [7, 11) is 3.05. The fourth-order valence-corrected chi connectivity index (χ4v) is 2.36. The zero-order valence-electron chi connectivity index (χ0n) is 15.9. The number of esters is 1. The molecule has 0 bridgehead atoms. The molecule has 2 rings (SSSR count). The molecule has 0 aliphatic carbocycles. The topological polar surface area (TPSA) is 90.9 Å². The number of rotatable bonds is 8. The lowest BCUT2D eigenvalue weighted by Crippen LogP contribution is -2.21. The molecule has 0 heterocycles. The molecule has 0 radical (unpaired) electrons. The number of carbonyl (C=O) groups excluding carboxylic acids is 3. The quantitative estimate of drug-likeness (QED) is 0.428.